The molecule has 19 heavy (non-hydrogen) atoms. The number of rotatable bonds is 0. The first-order valence-corrected chi connectivity index (χ1v) is 6.23. The highest BCUT2D eigenvalue weighted by Crippen LogP contribution is 2.07. The third-order valence-electron chi connectivity index (χ3n) is 1.93. The van der Waals surface area contributed by atoms with Crippen molar-refractivity contribution in [2.75, 3.05) is 0 Å². The number of aryl methyl sites for hydroxylation is 2. The average Bonchev–Trinajstić information content (AvgIpc) is 2.41. The molecule has 2 heterocycles. The van der Waals surface area contributed by atoms with Crippen molar-refractivity contribution >= 4 is 11.6 Å². The van der Waals surface area contributed by atoms with Crippen molar-refractivity contribution in [1.29, 1.82) is 0 Å². The molecule has 0 N–H and O–H groups in total. The van der Waals surface area contributed by atoms with E-state index in [0.29, 0.717) is 5.15 Å². The monoisotopic (exact) mass is 286 g/mol. The summed E-state index contributed by atoms with van der Waals surface area (Å²) in [6.45, 7) is 7.39. The lowest BCUT2D eigenvalue weighted by Crippen LogP contribution is -1.87. The van der Waals surface area contributed by atoms with Crippen LogP contribution in [-0.4, -0.2) is 9.97 Å². The smallest absolute Gasteiger partial charge is 0.215 e. The molecule has 2 nitrogen and oxygen atoms in total. The largest absolute Gasteiger partial charge is 0.244 e. The van der Waals surface area contributed by atoms with Gasteiger partial charge in [-0.05, 0) is 31.5 Å². The molecule has 0 aliphatic carbocycles. The Kier molecular flexibility index (Phi) is 8.62. The van der Waals surface area contributed by atoms with Crippen molar-refractivity contribution in [3.63, 3.8) is 0 Å². The Morgan fingerprint density at radius 2 is 1.68 bits per heavy atom. The molecule has 2 aromatic heterocycles. The van der Waals surface area contributed by atoms with Crippen LogP contribution in [0.25, 0.3) is 0 Å². The number of halogens is 3. The maximum atomic E-state index is 12.2. The third-order valence-corrected chi connectivity index (χ3v) is 2.32. The summed E-state index contributed by atoms with van der Waals surface area (Å²) in [5, 5.41) is 0.590. The lowest BCUT2D eigenvalue weighted by molar-refractivity contribution is 0.551. The Morgan fingerprint density at radius 3 is 2.05 bits per heavy atom. The van der Waals surface area contributed by atoms with Gasteiger partial charge in [0, 0.05) is 11.8 Å². The van der Waals surface area contributed by atoms with Gasteiger partial charge in [-0.3, -0.25) is 0 Å². The van der Waals surface area contributed by atoms with E-state index in [9.17, 15) is 8.78 Å². The lowest BCUT2D eigenvalue weighted by atomic mass is 10.3. The van der Waals surface area contributed by atoms with E-state index in [4.69, 9.17) is 11.6 Å². The van der Waals surface area contributed by atoms with Crippen LogP contribution in [0.1, 0.15) is 25.0 Å². The maximum absolute atomic E-state index is 12.2. The van der Waals surface area contributed by atoms with Crippen LogP contribution < -0.4 is 0 Å². The Morgan fingerprint density at radius 1 is 1.05 bits per heavy atom. The quantitative estimate of drug-likeness (QED) is 0.654. The number of nitrogens with zero attached hydrogens (tertiary/aromatic N) is 2. The van der Waals surface area contributed by atoms with E-state index in [1.165, 1.54) is 6.92 Å². The molecule has 0 aliphatic rings. The van der Waals surface area contributed by atoms with Crippen LogP contribution in [0.5, 0.6) is 0 Å². The summed E-state index contributed by atoms with van der Waals surface area (Å²) in [4.78, 5) is 6.98. The van der Waals surface area contributed by atoms with Crippen LogP contribution in [0, 0.1) is 25.6 Å². The zero-order valence-corrected chi connectivity index (χ0v) is 12.2. The van der Waals surface area contributed by atoms with Gasteiger partial charge in [-0.2, -0.15) is 4.39 Å². The molecular weight excluding hydrogens is 270 g/mol. The molecule has 0 saturated heterocycles. The summed E-state index contributed by atoms with van der Waals surface area (Å²) in [5.41, 5.74) is 1.25. The fourth-order valence-corrected chi connectivity index (χ4v) is 1.11. The highest BCUT2D eigenvalue weighted by atomic mass is 35.5. The second-order valence-electron chi connectivity index (χ2n) is 3.37. The second kappa shape index (κ2) is 9.39. The van der Waals surface area contributed by atoms with E-state index >= 15 is 0 Å². The molecule has 0 bridgehead atoms. The minimum Gasteiger partial charge on any atom is -0.244 e. The SMILES string of the molecule is CC.Cc1cc(F)cnc1F.Cc1cccnc1Cl. The summed E-state index contributed by atoms with van der Waals surface area (Å²) in [5.74, 6) is -1.12. The predicted octanol–water partition coefficient (Wildman–Crippen LogP) is 4.74. The predicted molar refractivity (Wildman–Crippen MR) is 74.2 cm³/mol. The van der Waals surface area contributed by atoms with E-state index in [-0.39, 0.29) is 5.56 Å². The first-order chi connectivity index (χ1) is 9.00. The molecule has 104 valence electrons. The molecule has 0 atom stereocenters. The molecule has 0 amide bonds. The fourth-order valence-electron chi connectivity index (χ4n) is 0.990. The van der Waals surface area contributed by atoms with Crippen LogP contribution in [-0.2, 0) is 0 Å². The molecule has 5 heteroatoms. The van der Waals surface area contributed by atoms with Crippen molar-refractivity contribution in [3.8, 4) is 0 Å². The van der Waals surface area contributed by atoms with Crippen LogP contribution in [0.15, 0.2) is 30.6 Å². The fraction of sp³-hybridized carbons (Fsp3) is 0.286. The summed E-state index contributed by atoms with van der Waals surface area (Å²) < 4.78 is 24.3. The van der Waals surface area contributed by atoms with Crippen LogP contribution >= 0.6 is 11.6 Å². The van der Waals surface area contributed by atoms with Crippen LogP contribution in [0.3, 0.4) is 0 Å². The summed E-state index contributed by atoms with van der Waals surface area (Å²) in [6, 6.07) is 4.89. The van der Waals surface area contributed by atoms with E-state index in [1.807, 2.05) is 32.9 Å². The van der Waals surface area contributed by atoms with Gasteiger partial charge in [0.15, 0.2) is 0 Å². The van der Waals surface area contributed by atoms with Gasteiger partial charge >= 0.3 is 0 Å². The molecule has 0 radical (unpaired) electrons. The van der Waals surface area contributed by atoms with Gasteiger partial charge in [-0.15, -0.1) is 0 Å². The number of hydrogen-bond donors (Lipinski definition) is 0. The zero-order valence-electron chi connectivity index (χ0n) is 11.4. The number of hydrogen-bond acceptors (Lipinski definition) is 2. The molecule has 0 aromatic carbocycles. The van der Waals surface area contributed by atoms with Gasteiger partial charge in [0.2, 0.25) is 5.95 Å². The topological polar surface area (TPSA) is 25.8 Å². The summed E-state index contributed by atoms with van der Waals surface area (Å²) in [7, 11) is 0. The van der Waals surface area contributed by atoms with Crippen molar-refractivity contribution in [1.82, 2.24) is 9.97 Å². The Labute approximate surface area is 117 Å². The van der Waals surface area contributed by atoms with Gasteiger partial charge < -0.3 is 0 Å². The lowest BCUT2D eigenvalue weighted by Gasteiger charge is -1.91. The molecule has 0 fully saturated rings. The molecule has 0 unspecified atom stereocenters. The van der Waals surface area contributed by atoms with Gasteiger partial charge in [-0.25, -0.2) is 14.4 Å². The van der Waals surface area contributed by atoms with Crippen molar-refractivity contribution in [2.24, 2.45) is 0 Å². The third kappa shape index (κ3) is 6.82. The normalized spacial score (nSPS) is 8.79. The van der Waals surface area contributed by atoms with E-state index < -0.39 is 11.8 Å². The average molecular weight is 287 g/mol. The summed E-state index contributed by atoms with van der Waals surface area (Å²) >= 11 is 5.60. The van der Waals surface area contributed by atoms with Gasteiger partial charge in [0.1, 0.15) is 11.0 Å². The minimum atomic E-state index is -0.614. The Bertz CT molecular complexity index is 484. The highest BCUT2D eigenvalue weighted by Gasteiger charge is 1.97. The summed E-state index contributed by atoms with van der Waals surface area (Å²) in [6.07, 6.45) is 2.53. The van der Waals surface area contributed by atoms with Crippen molar-refractivity contribution < 1.29 is 8.78 Å². The molecular formula is C14H17ClF2N2. The molecule has 0 spiro atoms. The highest BCUT2D eigenvalue weighted by molar-refractivity contribution is 6.30. The van der Waals surface area contributed by atoms with Crippen LogP contribution in [0.2, 0.25) is 5.15 Å². The minimum absolute atomic E-state index is 0.231. The number of aromatic nitrogens is 2. The van der Waals surface area contributed by atoms with E-state index in [0.717, 1.165) is 17.8 Å². The van der Waals surface area contributed by atoms with Gasteiger partial charge in [0.25, 0.3) is 0 Å². The zero-order chi connectivity index (χ0) is 14.8. The molecule has 0 aliphatic heterocycles. The van der Waals surface area contributed by atoms with E-state index in [2.05, 4.69) is 9.97 Å². The van der Waals surface area contributed by atoms with Crippen LogP contribution in [0.4, 0.5) is 8.78 Å². The van der Waals surface area contributed by atoms with Crippen molar-refractivity contribution in [3.05, 3.63) is 58.6 Å². The Hall–Kier alpha value is -1.55. The Balaban J connectivity index is 0.000000303. The molecule has 0 saturated carbocycles. The maximum Gasteiger partial charge on any atom is 0.215 e. The molecule has 2 rings (SSSR count). The van der Waals surface area contributed by atoms with E-state index in [1.54, 1.807) is 6.20 Å². The van der Waals surface area contributed by atoms with Crippen molar-refractivity contribution in [2.45, 2.75) is 27.7 Å². The first kappa shape index (κ1) is 17.4. The molecule has 2 aromatic rings. The van der Waals surface area contributed by atoms with Gasteiger partial charge in [0.05, 0.1) is 6.20 Å². The van der Waals surface area contributed by atoms with Gasteiger partial charge in [-0.1, -0.05) is 31.5 Å². The number of pyridine rings is 2. The first-order valence-electron chi connectivity index (χ1n) is 5.85. The second-order valence-corrected chi connectivity index (χ2v) is 3.73. The standard InChI is InChI=1S/C6H6ClN.C6H5F2N.C2H6/c1-5-3-2-4-8-6(5)7;1-4-2-5(7)3-9-6(4)8;1-2/h2-4H,1H3;2-3H,1H3;1-2H3.